The SMILES string of the molecule is Cc1c(C(=O)NCc2ccc3c(c2)OCO3)oc2ccc(S(=O)(=O)N3CCC4(CC3)OCCO4)cc12. The van der Waals surface area contributed by atoms with E-state index in [1.165, 1.54) is 10.4 Å². The highest BCUT2D eigenvalue weighted by molar-refractivity contribution is 7.89. The fourth-order valence-corrected chi connectivity index (χ4v) is 6.36. The molecule has 11 heteroatoms. The standard InChI is InChI=1S/C25H26N2O8S/c1-16-19-13-18(36(29,30)27-8-6-25(7-9-27)33-10-11-34-25)3-5-20(19)35-23(16)24(28)26-14-17-2-4-21-22(12-17)32-15-31-21/h2-5,12-13H,6-11,14-15H2,1H3,(H,26,28). The van der Waals surface area contributed by atoms with Gasteiger partial charge in [0.2, 0.25) is 16.8 Å². The van der Waals surface area contributed by atoms with Crippen molar-refractivity contribution in [3.63, 3.8) is 0 Å². The molecule has 4 heterocycles. The molecule has 190 valence electrons. The lowest BCUT2D eigenvalue weighted by Crippen LogP contribution is -2.47. The summed E-state index contributed by atoms with van der Waals surface area (Å²) >= 11 is 0. The molecule has 6 rings (SSSR count). The highest BCUT2D eigenvalue weighted by Crippen LogP contribution is 2.35. The molecule has 2 aromatic carbocycles. The van der Waals surface area contributed by atoms with Gasteiger partial charge in [0, 0.05) is 43.4 Å². The van der Waals surface area contributed by atoms with Crippen molar-refractivity contribution in [3.05, 3.63) is 53.3 Å². The van der Waals surface area contributed by atoms with E-state index in [0.717, 1.165) is 5.56 Å². The van der Waals surface area contributed by atoms with Crippen LogP contribution in [0.25, 0.3) is 11.0 Å². The Morgan fingerprint density at radius 1 is 1.03 bits per heavy atom. The fraction of sp³-hybridized carbons (Fsp3) is 0.400. The summed E-state index contributed by atoms with van der Waals surface area (Å²) in [6.07, 6.45) is 0.986. The number of nitrogens with one attached hydrogen (secondary N) is 1. The first-order valence-electron chi connectivity index (χ1n) is 11.8. The molecule has 0 unspecified atom stereocenters. The van der Waals surface area contributed by atoms with Crippen molar-refractivity contribution in [3.8, 4) is 11.5 Å². The summed E-state index contributed by atoms with van der Waals surface area (Å²) < 4.78 is 56.0. The summed E-state index contributed by atoms with van der Waals surface area (Å²) in [4.78, 5) is 13.0. The largest absolute Gasteiger partial charge is 0.454 e. The summed E-state index contributed by atoms with van der Waals surface area (Å²) in [5.41, 5.74) is 1.88. The number of piperidine rings is 1. The van der Waals surface area contributed by atoms with Crippen molar-refractivity contribution in [2.45, 2.75) is 37.0 Å². The third kappa shape index (κ3) is 4.01. The van der Waals surface area contributed by atoms with Crippen LogP contribution < -0.4 is 14.8 Å². The predicted octanol–water partition coefficient (Wildman–Crippen LogP) is 2.93. The van der Waals surface area contributed by atoms with Gasteiger partial charge in [0.25, 0.3) is 5.91 Å². The molecule has 0 aliphatic carbocycles. The van der Waals surface area contributed by atoms with Gasteiger partial charge < -0.3 is 28.7 Å². The Morgan fingerprint density at radius 3 is 2.56 bits per heavy atom. The fourth-order valence-electron chi connectivity index (χ4n) is 4.89. The number of amides is 1. The van der Waals surface area contributed by atoms with Gasteiger partial charge >= 0.3 is 0 Å². The highest BCUT2D eigenvalue weighted by Gasteiger charge is 2.42. The number of benzene rings is 2. The number of rotatable bonds is 5. The van der Waals surface area contributed by atoms with Crippen LogP contribution in [0.4, 0.5) is 0 Å². The van der Waals surface area contributed by atoms with E-state index in [4.69, 9.17) is 23.4 Å². The zero-order chi connectivity index (χ0) is 24.9. The molecule has 2 fully saturated rings. The Hall–Kier alpha value is -3.12. The average Bonchev–Trinajstić information content (AvgIpc) is 3.62. The molecule has 0 bridgehead atoms. The smallest absolute Gasteiger partial charge is 0.287 e. The number of carbonyl (C=O) groups is 1. The van der Waals surface area contributed by atoms with Crippen LogP contribution >= 0.6 is 0 Å². The molecule has 1 spiro atoms. The number of hydrogen-bond donors (Lipinski definition) is 1. The molecular weight excluding hydrogens is 488 g/mol. The molecule has 0 radical (unpaired) electrons. The van der Waals surface area contributed by atoms with Crippen molar-refractivity contribution in [2.24, 2.45) is 0 Å². The van der Waals surface area contributed by atoms with Crippen molar-refractivity contribution >= 4 is 26.9 Å². The topological polar surface area (TPSA) is 117 Å². The minimum atomic E-state index is -3.72. The lowest BCUT2D eigenvalue weighted by Gasteiger charge is -2.36. The summed E-state index contributed by atoms with van der Waals surface area (Å²) in [6.45, 7) is 3.91. The first-order valence-corrected chi connectivity index (χ1v) is 13.3. The van der Waals surface area contributed by atoms with Crippen LogP contribution in [0.15, 0.2) is 45.7 Å². The molecule has 0 atom stereocenters. The second kappa shape index (κ2) is 8.77. The quantitative estimate of drug-likeness (QED) is 0.553. The van der Waals surface area contributed by atoms with Gasteiger partial charge in [0.15, 0.2) is 23.0 Å². The lowest BCUT2D eigenvalue weighted by molar-refractivity contribution is -0.179. The Bertz CT molecular complexity index is 1430. The van der Waals surface area contributed by atoms with Gasteiger partial charge in [-0.05, 0) is 42.8 Å². The summed E-state index contributed by atoms with van der Waals surface area (Å²) in [7, 11) is -3.72. The highest BCUT2D eigenvalue weighted by atomic mass is 32.2. The summed E-state index contributed by atoms with van der Waals surface area (Å²) in [6, 6.07) is 10.2. The molecule has 2 saturated heterocycles. The molecule has 1 amide bonds. The average molecular weight is 515 g/mol. The number of aryl methyl sites for hydroxylation is 1. The summed E-state index contributed by atoms with van der Waals surface area (Å²) in [5, 5.41) is 3.43. The monoisotopic (exact) mass is 514 g/mol. The Morgan fingerprint density at radius 2 is 1.78 bits per heavy atom. The summed E-state index contributed by atoms with van der Waals surface area (Å²) in [5.74, 6) is 0.426. The molecule has 3 aliphatic heterocycles. The molecule has 10 nitrogen and oxygen atoms in total. The van der Waals surface area contributed by atoms with Gasteiger partial charge in [0.1, 0.15) is 5.58 Å². The third-order valence-corrected chi connectivity index (χ3v) is 8.83. The van der Waals surface area contributed by atoms with Gasteiger partial charge in [-0.25, -0.2) is 8.42 Å². The first-order chi connectivity index (χ1) is 17.3. The van der Waals surface area contributed by atoms with Crippen molar-refractivity contribution < 1.29 is 36.6 Å². The normalized spacial score (nSPS) is 19.2. The molecule has 1 aromatic heterocycles. The van der Waals surface area contributed by atoms with Gasteiger partial charge in [0.05, 0.1) is 18.1 Å². The van der Waals surface area contributed by atoms with Crippen LogP contribution in [0, 0.1) is 6.92 Å². The Labute approximate surface area is 208 Å². The maximum Gasteiger partial charge on any atom is 0.287 e. The maximum absolute atomic E-state index is 13.3. The van der Waals surface area contributed by atoms with E-state index in [9.17, 15) is 13.2 Å². The van der Waals surface area contributed by atoms with E-state index in [2.05, 4.69) is 5.32 Å². The lowest BCUT2D eigenvalue weighted by atomic mass is 10.1. The number of carbonyl (C=O) groups excluding carboxylic acids is 1. The van der Waals surface area contributed by atoms with Crippen LogP contribution in [0.2, 0.25) is 0 Å². The number of furan rings is 1. The first kappa shape index (κ1) is 23.3. The van der Waals surface area contributed by atoms with E-state index in [-0.39, 0.29) is 29.9 Å². The zero-order valence-electron chi connectivity index (χ0n) is 19.7. The molecular formula is C25H26N2O8S. The van der Waals surface area contributed by atoms with E-state index >= 15 is 0 Å². The van der Waals surface area contributed by atoms with Crippen molar-refractivity contribution in [2.75, 3.05) is 33.1 Å². The third-order valence-electron chi connectivity index (χ3n) is 6.94. The molecule has 3 aromatic rings. The number of nitrogens with zero attached hydrogens (tertiary/aromatic N) is 1. The zero-order valence-corrected chi connectivity index (χ0v) is 20.6. The van der Waals surface area contributed by atoms with Crippen LogP contribution in [0.3, 0.4) is 0 Å². The van der Waals surface area contributed by atoms with Gasteiger partial charge in [-0.1, -0.05) is 6.07 Å². The van der Waals surface area contributed by atoms with Crippen LogP contribution in [-0.2, 0) is 26.0 Å². The molecule has 3 aliphatic rings. The minimum absolute atomic E-state index is 0.149. The number of fused-ring (bicyclic) bond motifs is 2. The molecule has 1 N–H and O–H groups in total. The Kier molecular flexibility index (Phi) is 5.67. The number of sulfonamides is 1. The van der Waals surface area contributed by atoms with Crippen LogP contribution in [-0.4, -0.2) is 57.5 Å². The van der Waals surface area contributed by atoms with Gasteiger partial charge in [-0.3, -0.25) is 4.79 Å². The maximum atomic E-state index is 13.3. The second-order valence-corrected chi connectivity index (χ2v) is 11.0. The molecule has 0 saturated carbocycles. The Balaban J connectivity index is 1.18. The van der Waals surface area contributed by atoms with E-state index in [1.54, 1.807) is 25.1 Å². The van der Waals surface area contributed by atoms with Gasteiger partial charge in [-0.15, -0.1) is 0 Å². The van der Waals surface area contributed by atoms with E-state index < -0.39 is 15.8 Å². The van der Waals surface area contributed by atoms with Crippen molar-refractivity contribution in [1.82, 2.24) is 9.62 Å². The number of ether oxygens (including phenoxy) is 4. The van der Waals surface area contributed by atoms with Crippen LogP contribution in [0.1, 0.15) is 34.5 Å². The molecule has 36 heavy (non-hydrogen) atoms. The van der Waals surface area contributed by atoms with E-state index in [0.29, 0.717) is 67.2 Å². The van der Waals surface area contributed by atoms with Crippen molar-refractivity contribution in [1.29, 1.82) is 0 Å². The minimum Gasteiger partial charge on any atom is -0.454 e. The predicted molar refractivity (Wildman–Crippen MR) is 127 cm³/mol. The number of hydrogen-bond acceptors (Lipinski definition) is 8. The van der Waals surface area contributed by atoms with Gasteiger partial charge in [-0.2, -0.15) is 4.31 Å². The van der Waals surface area contributed by atoms with E-state index in [1.807, 2.05) is 12.1 Å². The second-order valence-electron chi connectivity index (χ2n) is 9.10. The van der Waals surface area contributed by atoms with Crippen LogP contribution in [0.5, 0.6) is 11.5 Å².